The van der Waals surface area contributed by atoms with Crippen molar-refractivity contribution in [1.82, 2.24) is 20.2 Å². The van der Waals surface area contributed by atoms with Gasteiger partial charge in [-0.1, -0.05) is 55.5 Å². The van der Waals surface area contributed by atoms with Crippen molar-refractivity contribution in [3.8, 4) is 0 Å². The lowest BCUT2D eigenvalue weighted by Gasteiger charge is -2.16. The van der Waals surface area contributed by atoms with E-state index >= 15 is 0 Å². The van der Waals surface area contributed by atoms with E-state index in [1.54, 1.807) is 7.05 Å². The van der Waals surface area contributed by atoms with Crippen LogP contribution < -0.4 is 10.6 Å². The van der Waals surface area contributed by atoms with Crippen LogP contribution in [0.4, 0.5) is 0 Å². The van der Waals surface area contributed by atoms with Crippen LogP contribution >= 0.6 is 11.8 Å². The second-order valence-corrected chi connectivity index (χ2v) is 8.34. The summed E-state index contributed by atoms with van der Waals surface area (Å²) in [5, 5.41) is 7.25. The fourth-order valence-electron chi connectivity index (χ4n) is 3.02. The Bertz CT molecular complexity index is 877. The lowest BCUT2D eigenvalue weighted by Crippen LogP contribution is -2.41. The first-order valence-corrected chi connectivity index (χ1v) is 10.8. The Morgan fingerprint density at radius 3 is 2.52 bits per heavy atom. The molecule has 1 atom stereocenters. The summed E-state index contributed by atoms with van der Waals surface area (Å²) in [5.41, 5.74) is 1.28. The van der Waals surface area contributed by atoms with Crippen molar-refractivity contribution in [2.75, 3.05) is 20.1 Å². The van der Waals surface area contributed by atoms with Gasteiger partial charge in [0.25, 0.3) is 0 Å². The number of hydrogen-bond donors (Lipinski definition) is 2. The average molecular weight is 408 g/mol. The van der Waals surface area contributed by atoms with Gasteiger partial charge in [0.05, 0.1) is 0 Å². The lowest BCUT2D eigenvalue weighted by atomic mass is 10.2. The Balaban J connectivity index is 1.42. The molecule has 2 aromatic carbocycles. The Morgan fingerprint density at radius 2 is 1.79 bits per heavy atom. The standard InChI is InChI=1S/C23H29N5S/c1-19(29-21-11-7-4-8-12-21)17-27-23(24-2)26-14-13-22-25-15-16-28(22)18-20-9-5-3-6-10-20/h3-12,15-16,19H,13-14,17-18H2,1-2H3,(H2,24,26,27). The van der Waals surface area contributed by atoms with Gasteiger partial charge in [-0.3, -0.25) is 4.99 Å². The Kier molecular flexibility index (Phi) is 8.19. The quantitative estimate of drug-likeness (QED) is 0.322. The van der Waals surface area contributed by atoms with Crippen LogP contribution in [-0.4, -0.2) is 40.9 Å². The topological polar surface area (TPSA) is 54.2 Å². The van der Waals surface area contributed by atoms with Gasteiger partial charge in [-0.2, -0.15) is 0 Å². The van der Waals surface area contributed by atoms with E-state index in [2.05, 4.69) is 80.6 Å². The molecular weight excluding hydrogens is 378 g/mol. The number of nitrogens with one attached hydrogen (secondary N) is 2. The molecule has 3 rings (SSSR count). The van der Waals surface area contributed by atoms with E-state index < -0.39 is 0 Å². The van der Waals surface area contributed by atoms with Crippen molar-refractivity contribution in [1.29, 1.82) is 0 Å². The van der Waals surface area contributed by atoms with Crippen LogP contribution in [0.3, 0.4) is 0 Å². The van der Waals surface area contributed by atoms with E-state index in [0.717, 1.165) is 37.8 Å². The molecule has 6 heteroatoms. The molecule has 1 unspecified atom stereocenters. The number of benzene rings is 2. The number of nitrogens with zero attached hydrogens (tertiary/aromatic N) is 3. The third kappa shape index (κ3) is 6.98. The highest BCUT2D eigenvalue weighted by Gasteiger charge is 2.07. The molecule has 0 aliphatic carbocycles. The van der Waals surface area contributed by atoms with Gasteiger partial charge in [0.1, 0.15) is 5.82 Å². The average Bonchev–Trinajstić information content (AvgIpc) is 3.19. The zero-order valence-electron chi connectivity index (χ0n) is 17.1. The number of hydrogen-bond acceptors (Lipinski definition) is 3. The van der Waals surface area contributed by atoms with Gasteiger partial charge in [-0.05, 0) is 17.7 Å². The van der Waals surface area contributed by atoms with Gasteiger partial charge >= 0.3 is 0 Å². The summed E-state index contributed by atoms with van der Waals surface area (Å²) in [5.74, 6) is 1.90. The molecule has 29 heavy (non-hydrogen) atoms. The van der Waals surface area contributed by atoms with Crippen LogP contribution in [0.25, 0.3) is 0 Å². The molecule has 0 spiro atoms. The van der Waals surface area contributed by atoms with Gasteiger partial charge in [0.15, 0.2) is 5.96 Å². The maximum Gasteiger partial charge on any atom is 0.191 e. The smallest absolute Gasteiger partial charge is 0.191 e. The molecule has 0 aliphatic heterocycles. The molecular formula is C23H29N5S. The zero-order valence-corrected chi connectivity index (χ0v) is 17.9. The molecule has 0 radical (unpaired) electrons. The number of rotatable bonds is 9. The first-order chi connectivity index (χ1) is 14.2. The highest BCUT2D eigenvalue weighted by molar-refractivity contribution is 8.00. The largest absolute Gasteiger partial charge is 0.356 e. The molecule has 3 aromatic rings. The Morgan fingerprint density at radius 1 is 1.07 bits per heavy atom. The molecule has 0 saturated carbocycles. The molecule has 152 valence electrons. The lowest BCUT2D eigenvalue weighted by molar-refractivity contribution is 0.693. The third-order valence-electron chi connectivity index (χ3n) is 4.50. The third-order valence-corrected chi connectivity index (χ3v) is 5.61. The van der Waals surface area contributed by atoms with E-state index in [4.69, 9.17) is 0 Å². The van der Waals surface area contributed by atoms with Crippen LogP contribution in [0.1, 0.15) is 18.3 Å². The molecule has 0 bridgehead atoms. The minimum atomic E-state index is 0.445. The van der Waals surface area contributed by atoms with Crippen LogP contribution in [0.15, 0.2) is 82.9 Å². The summed E-state index contributed by atoms with van der Waals surface area (Å²) in [4.78, 5) is 10.1. The Labute approximate surface area is 177 Å². The molecule has 1 aromatic heterocycles. The summed E-state index contributed by atoms with van der Waals surface area (Å²) in [7, 11) is 1.81. The first kappa shape index (κ1) is 21.0. The second-order valence-electron chi connectivity index (χ2n) is 6.83. The highest BCUT2D eigenvalue weighted by Crippen LogP contribution is 2.21. The van der Waals surface area contributed by atoms with E-state index in [-0.39, 0.29) is 0 Å². The van der Waals surface area contributed by atoms with Gasteiger partial charge < -0.3 is 15.2 Å². The number of imidazole rings is 1. The van der Waals surface area contributed by atoms with Crippen molar-refractivity contribution in [3.63, 3.8) is 0 Å². The number of thioether (sulfide) groups is 1. The summed E-state index contributed by atoms with van der Waals surface area (Å²) < 4.78 is 2.20. The van der Waals surface area contributed by atoms with Gasteiger partial charge in [0.2, 0.25) is 0 Å². The summed E-state index contributed by atoms with van der Waals surface area (Å²) >= 11 is 1.86. The second kappa shape index (κ2) is 11.3. The molecule has 0 aliphatic rings. The fourth-order valence-corrected chi connectivity index (χ4v) is 3.96. The van der Waals surface area contributed by atoms with Crippen molar-refractivity contribution < 1.29 is 0 Å². The highest BCUT2D eigenvalue weighted by atomic mass is 32.2. The fraction of sp³-hybridized carbons (Fsp3) is 0.304. The van der Waals surface area contributed by atoms with E-state index in [1.807, 2.05) is 36.3 Å². The molecule has 1 heterocycles. The van der Waals surface area contributed by atoms with Crippen molar-refractivity contribution in [2.24, 2.45) is 4.99 Å². The first-order valence-electron chi connectivity index (χ1n) is 9.94. The van der Waals surface area contributed by atoms with Crippen LogP contribution in [0.2, 0.25) is 0 Å². The molecule has 0 fully saturated rings. The minimum absolute atomic E-state index is 0.445. The van der Waals surface area contributed by atoms with E-state index in [9.17, 15) is 0 Å². The van der Waals surface area contributed by atoms with Crippen molar-refractivity contribution in [3.05, 3.63) is 84.4 Å². The van der Waals surface area contributed by atoms with Crippen LogP contribution in [-0.2, 0) is 13.0 Å². The molecule has 0 saturated heterocycles. The zero-order chi connectivity index (χ0) is 20.3. The summed E-state index contributed by atoms with van der Waals surface area (Å²) in [6.45, 7) is 4.70. The number of aromatic nitrogens is 2. The van der Waals surface area contributed by atoms with E-state index in [0.29, 0.717) is 5.25 Å². The van der Waals surface area contributed by atoms with Crippen molar-refractivity contribution in [2.45, 2.75) is 30.0 Å². The SMILES string of the molecule is CN=C(NCCc1nccn1Cc1ccccc1)NCC(C)Sc1ccccc1. The van der Waals surface area contributed by atoms with Gasteiger partial charge in [-0.25, -0.2) is 4.98 Å². The van der Waals surface area contributed by atoms with Crippen LogP contribution in [0.5, 0.6) is 0 Å². The molecule has 0 amide bonds. The van der Waals surface area contributed by atoms with E-state index in [1.165, 1.54) is 10.5 Å². The van der Waals surface area contributed by atoms with Gasteiger partial charge in [-0.15, -0.1) is 11.8 Å². The van der Waals surface area contributed by atoms with Gasteiger partial charge in [0, 0.05) is 55.6 Å². The van der Waals surface area contributed by atoms with Crippen molar-refractivity contribution >= 4 is 17.7 Å². The predicted molar refractivity (Wildman–Crippen MR) is 123 cm³/mol. The maximum atomic E-state index is 4.52. The molecule has 5 nitrogen and oxygen atoms in total. The number of guanidine groups is 1. The normalized spacial score (nSPS) is 12.6. The number of aliphatic imine (C=N–C) groups is 1. The monoisotopic (exact) mass is 407 g/mol. The van der Waals surface area contributed by atoms with Crippen LogP contribution in [0, 0.1) is 0 Å². The predicted octanol–water partition coefficient (Wildman–Crippen LogP) is 3.82. The maximum absolute atomic E-state index is 4.52. The minimum Gasteiger partial charge on any atom is -0.356 e. The molecule has 2 N–H and O–H groups in total. The summed E-state index contributed by atoms with van der Waals surface area (Å²) in [6.07, 6.45) is 4.75. The summed E-state index contributed by atoms with van der Waals surface area (Å²) in [6, 6.07) is 20.9. The Hall–Kier alpha value is -2.73.